The van der Waals surface area contributed by atoms with Crippen LogP contribution in [0.1, 0.15) is 10.4 Å². The van der Waals surface area contributed by atoms with E-state index in [1.807, 2.05) is 0 Å². The molecular formula is C12H11N3O3S. The monoisotopic (exact) mass is 277 g/mol. The van der Waals surface area contributed by atoms with Gasteiger partial charge < -0.3 is 5.32 Å². The zero-order valence-electron chi connectivity index (χ0n) is 10.1. The minimum atomic E-state index is -3.26. The van der Waals surface area contributed by atoms with Crippen molar-refractivity contribution < 1.29 is 13.2 Å². The molecule has 1 aromatic heterocycles. The first-order valence-corrected chi connectivity index (χ1v) is 7.25. The molecule has 6 nitrogen and oxygen atoms in total. The molecule has 1 N–H and O–H groups in total. The maximum absolute atomic E-state index is 11.8. The number of nitrogens with one attached hydrogen (secondary N) is 1. The summed E-state index contributed by atoms with van der Waals surface area (Å²) in [5.74, 6) is -0.0414. The van der Waals surface area contributed by atoms with Gasteiger partial charge in [-0.3, -0.25) is 4.79 Å². The molecule has 7 heteroatoms. The Hall–Kier alpha value is -2.28. The molecule has 0 radical (unpaired) electrons. The van der Waals surface area contributed by atoms with Crippen LogP contribution < -0.4 is 5.32 Å². The fraction of sp³-hybridized carbons (Fsp3) is 0.0833. The standard InChI is InChI=1S/C12H11N3O3S/c1-19(17,18)10-6-4-9(5-7-10)12(16)14-11-3-2-8-13-15-11/h2-8H,1H3,(H,14,15,16). The average Bonchev–Trinajstić information content (AvgIpc) is 2.39. The van der Waals surface area contributed by atoms with Crippen molar-refractivity contribution in [2.45, 2.75) is 4.90 Å². The van der Waals surface area contributed by atoms with Gasteiger partial charge in [0.15, 0.2) is 15.7 Å². The minimum absolute atomic E-state index is 0.170. The Morgan fingerprint density at radius 2 is 1.84 bits per heavy atom. The molecule has 0 aliphatic carbocycles. The zero-order chi connectivity index (χ0) is 13.9. The van der Waals surface area contributed by atoms with Gasteiger partial charge in [-0.1, -0.05) is 0 Å². The number of anilines is 1. The van der Waals surface area contributed by atoms with E-state index in [0.717, 1.165) is 6.26 Å². The Labute approximate surface area is 110 Å². The Balaban J connectivity index is 2.17. The van der Waals surface area contributed by atoms with E-state index in [2.05, 4.69) is 15.5 Å². The molecule has 0 unspecified atom stereocenters. The fourth-order valence-electron chi connectivity index (χ4n) is 1.41. The van der Waals surface area contributed by atoms with Gasteiger partial charge in [-0.25, -0.2) is 8.42 Å². The van der Waals surface area contributed by atoms with Crippen LogP contribution in [0, 0.1) is 0 Å². The van der Waals surface area contributed by atoms with E-state index in [1.165, 1.54) is 30.5 Å². The number of hydrogen-bond donors (Lipinski definition) is 1. The Bertz CT molecular complexity index is 682. The minimum Gasteiger partial charge on any atom is -0.305 e. The van der Waals surface area contributed by atoms with Crippen molar-refractivity contribution in [2.75, 3.05) is 11.6 Å². The van der Waals surface area contributed by atoms with Crippen LogP contribution in [0.5, 0.6) is 0 Å². The fourth-order valence-corrected chi connectivity index (χ4v) is 2.04. The molecule has 0 spiro atoms. The van der Waals surface area contributed by atoms with E-state index in [0.29, 0.717) is 11.4 Å². The van der Waals surface area contributed by atoms with Crippen molar-refractivity contribution in [3.8, 4) is 0 Å². The van der Waals surface area contributed by atoms with E-state index in [-0.39, 0.29) is 10.8 Å². The molecule has 2 rings (SSSR count). The normalized spacial score (nSPS) is 11.0. The lowest BCUT2D eigenvalue weighted by Crippen LogP contribution is -2.13. The second-order valence-electron chi connectivity index (χ2n) is 3.86. The van der Waals surface area contributed by atoms with Crippen molar-refractivity contribution in [1.82, 2.24) is 10.2 Å². The van der Waals surface area contributed by atoms with Gasteiger partial charge in [0.1, 0.15) is 0 Å². The molecule has 98 valence electrons. The topological polar surface area (TPSA) is 89.0 Å². The van der Waals surface area contributed by atoms with E-state index in [9.17, 15) is 13.2 Å². The first-order chi connectivity index (χ1) is 8.97. The lowest BCUT2D eigenvalue weighted by atomic mass is 10.2. The van der Waals surface area contributed by atoms with Crippen molar-refractivity contribution in [2.24, 2.45) is 0 Å². The maximum Gasteiger partial charge on any atom is 0.256 e. The highest BCUT2D eigenvalue weighted by Gasteiger charge is 2.10. The average molecular weight is 277 g/mol. The number of nitrogens with zero attached hydrogens (tertiary/aromatic N) is 2. The number of carbonyl (C=O) groups excluding carboxylic acids is 1. The smallest absolute Gasteiger partial charge is 0.256 e. The summed E-state index contributed by atoms with van der Waals surface area (Å²) in [6.07, 6.45) is 2.61. The van der Waals surface area contributed by atoms with Gasteiger partial charge in [-0.05, 0) is 36.4 Å². The highest BCUT2D eigenvalue weighted by molar-refractivity contribution is 7.90. The quantitative estimate of drug-likeness (QED) is 0.908. The summed E-state index contributed by atoms with van der Waals surface area (Å²) in [4.78, 5) is 12.0. The van der Waals surface area contributed by atoms with E-state index in [4.69, 9.17) is 0 Å². The Morgan fingerprint density at radius 3 is 2.37 bits per heavy atom. The number of rotatable bonds is 3. The number of benzene rings is 1. The summed E-state index contributed by atoms with van der Waals surface area (Å²) in [5.41, 5.74) is 0.345. The van der Waals surface area contributed by atoms with Crippen LogP contribution in [0.3, 0.4) is 0 Å². The molecule has 0 aliphatic rings. The number of aromatic nitrogens is 2. The molecule has 2 aromatic rings. The van der Waals surface area contributed by atoms with Gasteiger partial charge in [-0.2, -0.15) is 5.10 Å². The van der Waals surface area contributed by atoms with E-state index >= 15 is 0 Å². The van der Waals surface area contributed by atoms with Gasteiger partial charge in [0, 0.05) is 18.0 Å². The van der Waals surface area contributed by atoms with E-state index < -0.39 is 9.84 Å². The molecule has 1 aromatic carbocycles. The van der Waals surface area contributed by atoms with Crippen LogP contribution in [0.4, 0.5) is 5.82 Å². The number of sulfone groups is 1. The van der Waals surface area contributed by atoms with E-state index in [1.54, 1.807) is 12.1 Å². The summed E-state index contributed by atoms with van der Waals surface area (Å²) in [7, 11) is -3.26. The lowest BCUT2D eigenvalue weighted by molar-refractivity contribution is 0.102. The molecule has 0 saturated carbocycles. The third-order valence-corrected chi connectivity index (χ3v) is 3.49. The molecule has 0 aliphatic heterocycles. The van der Waals surface area contributed by atoms with Crippen molar-refractivity contribution in [3.63, 3.8) is 0 Å². The second-order valence-corrected chi connectivity index (χ2v) is 5.88. The van der Waals surface area contributed by atoms with Gasteiger partial charge >= 0.3 is 0 Å². The highest BCUT2D eigenvalue weighted by atomic mass is 32.2. The van der Waals surface area contributed by atoms with Gasteiger partial charge in [0.2, 0.25) is 0 Å². The summed E-state index contributed by atoms with van der Waals surface area (Å²) >= 11 is 0. The first kappa shape index (κ1) is 13.2. The van der Waals surface area contributed by atoms with Gasteiger partial charge in [0.25, 0.3) is 5.91 Å². The number of hydrogen-bond acceptors (Lipinski definition) is 5. The largest absolute Gasteiger partial charge is 0.305 e. The van der Waals surface area contributed by atoms with Gasteiger partial charge in [-0.15, -0.1) is 5.10 Å². The first-order valence-electron chi connectivity index (χ1n) is 5.36. The summed E-state index contributed by atoms with van der Waals surface area (Å²) in [6.45, 7) is 0. The molecule has 1 amide bonds. The number of carbonyl (C=O) groups is 1. The van der Waals surface area contributed by atoms with Crippen LogP contribution >= 0.6 is 0 Å². The molecule has 0 atom stereocenters. The van der Waals surface area contributed by atoms with Crippen molar-refractivity contribution >= 4 is 21.6 Å². The third kappa shape index (κ3) is 3.35. The molecule has 19 heavy (non-hydrogen) atoms. The van der Waals surface area contributed by atoms with Crippen LogP contribution in [-0.2, 0) is 9.84 Å². The molecule has 0 fully saturated rings. The van der Waals surface area contributed by atoms with Crippen LogP contribution in [0.15, 0.2) is 47.5 Å². The SMILES string of the molecule is CS(=O)(=O)c1ccc(C(=O)Nc2cccnn2)cc1. The highest BCUT2D eigenvalue weighted by Crippen LogP contribution is 2.11. The second kappa shape index (κ2) is 5.15. The Kier molecular flexibility index (Phi) is 3.57. The molecule has 1 heterocycles. The third-order valence-electron chi connectivity index (χ3n) is 2.36. The summed E-state index contributed by atoms with van der Waals surface area (Å²) < 4.78 is 22.6. The predicted molar refractivity (Wildman–Crippen MR) is 69.5 cm³/mol. The van der Waals surface area contributed by atoms with Crippen molar-refractivity contribution in [3.05, 3.63) is 48.2 Å². The zero-order valence-corrected chi connectivity index (χ0v) is 10.9. The molecule has 0 saturated heterocycles. The predicted octanol–water partition coefficient (Wildman–Crippen LogP) is 1.13. The summed E-state index contributed by atoms with van der Waals surface area (Å²) in [5, 5.41) is 9.91. The van der Waals surface area contributed by atoms with Crippen LogP contribution in [0.25, 0.3) is 0 Å². The maximum atomic E-state index is 11.8. The van der Waals surface area contributed by atoms with Crippen LogP contribution in [-0.4, -0.2) is 30.8 Å². The van der Waals surface area contributed by atoms with Crippen molar-refractivity contribution in [1.29, 1.82) is 0 Å². The molecule has 0 bridgehead atoms. The van der Waals surface area contributed by atoms with Gasteiger partial charge in [0.05, 0.1) is 4.90 Å². The summed E-state index contributed by atoms with van der Waals surface area (Å²) in [6, 6.07) is 8.93. The lowest BCUT2D eigenvalue weighted by Gasteiger charge is -2.04. The molecular weight excluding hydrogens is 266 g/mol. The Morgan fingerprint density at radius 1 is 1.16 bits per heavy atom. The number of amides is 1. The van der Waals surface area contributed by atoms with Crippen LogP contribution in [0.2, 0.25) is 0 Å².